The number of carbonyl (C=O) groups is 3. The average Bonchev–Trinajstić information content (AvgIpc) is 2.71. The van der Waals surface area contributed by atoms with Crippen LogP contribution in [0.5, 0.6) is 11.5 Å². The van der Waals surface area contributed by atoms with E-state index in [2.05, 4.69) is 5.32 Å². The standard InChI is InChI=1S/C21H31N3O6/c1-21(2,3)30-20(27)22-10-9-17(25)23-11-13-24(14-12-23)19(26)18-15(28-4)7-6-8-16(18)29-5/h6-8H,9-14H2,1-5H3,(H,22,27). The Morgan fingerprint density at radius 2 is 1.50 bits per heavy atom. The second-order valence-electron chi connectivity index (χ2n) is 7.89. The Kier molecular flexibility index (Phi) is 7.91. The summed E-state index contributed by atoms with van der Waals surface area (Å²) in [5, 5.41) is 2.58. The Bertz CT molecular complexity index is 744. The zero-order valence-electron chi connectivity index (χ0n) is 18.3. The van der Waals surface area contributed by atoms with E-state index in [1.165, 1.54) is 14.2 Å². The van der Waals surface area contributed by atoms with E-state index < -0.39 is 11.7 Å². The Hall–Kier alpha value is -2.97. The monoisotopic (exact) mass is 421 g/mol. The van der Waals surface area contributed by atoms with Gasteiger partial charge in [-0.1, -0.05) is 6.07 Å². The number of nitrogens with zero attached hydrogens (tertiary/aromatic N) is 2. The Balaban J connectivity index is 1.86. The summed E-state index contributed by atoms with van der Waals surface area (Å²) >= 11 is 0. The summed E-state index contributed by atoms with van der Waals surface area (Å²) in [6.45, 7) is 7.20. The molecule has 0 aliphatic carbocycles. The first-order valence-corrected chi connectivity index (χ1v) is 9.91. The third kappa shape index (κ3) is 6.27. The van der Waals surface area contributed by atoms with Crippen LogP contribution < -0.4 is 14.8 Å². The number of ether oxygens (including phenoxy) is 3. The lowest BCUT2D eigenvalue weighted by molar-refractivity contribution is -0.132. The van der Waals surface area contributed by atoms with Crippen LogP contribution in [0.15, 0.2) is 18.2 Å². The molecule has 2 rings (SSSR count). The van der Waals surface area contributed by atoms with Gasteiger partial charge in [-0.3, -0.25) is 9.59 Å². The molecule has 1 heterocycles. The van der Waals surface area contributed by atoms with Crippen LogP contribution in [-0.2, 0) is 9.53 Å². The number of benzene rings is 1. The summed E-state index contributed by atoms with van der Waals surface area (Å²) in [7, 11) is 3.01. The summed E-state index contributed by atoms with van der Waals surface area (Å²) in [6.07, 6.45) is -0.371. The highest BCUT2D eigenvalue weighted by atomic mass is 16.6. The van der Waals surface area contributed by atoms with Crippen molar-refractivity contribution >= 4 is 17.9 Å². The van der Waals surface area contributed by atoms with Crippen molar-refractivity contribution in [2.45, 2.75) is 32.8 Å². The van der Waals surface area contributed by atoms with Gasteiger partial charge in [0.05, 0.1) is 14.2 Å². The van der Waals surface area contributed by atoms with Gasteiger partial charge < -0.3 is 29.3 Å². The number of amides is 3. The molecule has 1 fully saturated rings. The molecule has 0 aromatic heterocycles. The summed E-state index contributed by atoms with van der Waals surface area (Å²) in [4.78, 5) is 40.4. The molecular weight excluding hydrogens is 390 g/mol. The molecule has 1 aliphatic heterocycles. The molecule has 9 nitrogen and oxygen atoms in total. The number of rotatable bonds is 6. The number of alkyl carbamates (subject to hydrolysis) is 1. The van der Waals surface area contributed by atoms with E-state index in [1.54, 1.807) is 48.8 Å². The average molecular weight is 421 g/mol. The Labute approximate surface area is 177 Å². The molecule has 0 bridgehead atoms. The lowest BCUT2D eigenvalue weighted by Gasteiger charge is -2.35. The topological polar surface area (TPSA) is 97.4 Å². The summed E-state index contributed by atoms with van der Waals surface area (Å²) in [5.74, 6) is 0.633. The third-order valence-electron chi connectivity index (χ3n) is 4.57. The fourth-order valence-corrected chi connectivity index (χ4v) is 3.12. The Morgan fingerprint density at radius 1 is 0.967 bits per heavy atom. The molecule has 0 unspecified atom stereocenters. The van der Waals surface area contributed by atoms with E-state index in [0.29, 0.717) is 43.2 Å². The number of methoxy groups -OCH3 is 2. The van der Waals surface area contributed by atoms with Crippen molar-refractivity contribution in [2.75, 3.05) is 46.9 Å². The zero-order chi connectivity index (χ0) is 22.3. The minimum atomic E-state index is -0.582. The van der Waals surface area contributed by atoms with E-state index >= 15 is 0 Å². The van der Waals surface area contributed by atoms with Crippen LogP contribution in [0.1, 0.15) is 37.6 Å². The first-order valence-electron chi connectivity index (χ1n) is 9.91. The number of nitrogens with one attached hydrogen (secondary N) is 1. The highest BCUT2D eigenvalue weighted by Gasteiger charge is 2.28. The van der Waals surface area contributed by atoms with Gasteiger partial charge in [0, 0.05) is 39.1 Å². The van der Waals surface area contributed by atoms with Crippen molar-refractivity contribution in [3.8, 4) is 11.5 Å². The summed E-state index contributed by atoms with van der Waals surface area (Å²) in [5.41, 5.74) is -0.204. The molecule has 0 spiro atoms. The zero-order valence-corrected chi connectivity index (χ0v) is 18.3. The maximum Gasteiger partial charge on any atom is 0.407 e. The van der Waals surface area contributed by atoms with Crippen molar-refractivity contribution in [2.24, 2.45) is 0 Å². The van der Waals surface area contributed by atoms with E-state index in [1.807, 2.05) is 0 Å². The van der Waals surface area contributed by atoms with E-state index in [-0.39, 0.29) is 24.8 Å². The van der Waals surface area contributed by atoms with E-state index in [4.69, 9.17) is 14.2 Å². The van der Waals surface area contributed by atoms with E-state index in [9.17, 15) is 14.4 Å². The smallest absolute Gasteiger partial charge is 0.407 e. The van der Waals surface area contributed by atoms with Crippen molar-refractivity contribution in [3.63, 3.8) is 0 Å². The van der Waals surface area contributed by atoms with Crippen LogP contribution >= 0.6 is 0 Å². The first kappa shape index (κ1) is 23.3. The number of hydrogen-bond donors (Lipinski definition) is 1. The molecule has 0 atom stereocenters. The summed E-state index contributed by atoms with van der Waals surface area (Å²) < 4.78 is 15.8. The minimum absolute atomic E-state index is 0.0759. The van der Waals surface area contributed by atoms with Crippen molar-refractivity contribution in [1.29, 1.82) is 0 Å². The molecule has 1 N–H and O–H groups in total. The highest BCUT2D eigenvalue weighted by Crippen LogP contribution is 2.29. The highest BCUT2D eigenvalue weighted by molar-refractivity contribution is 6.00. The number of hydrogen-bond acceptors (Lipinski definition) is 6. The second kappa shape index (κ2) is 10.2. The van der Waals surface area contributed by atoms with Crippen molar-refractivity contribution < 1.29 is 28.6 Å². The second-order valence-corrected chi connectivity index (χ2v) is 7.89. The van der Waals surface area contributed by atoms with Gasteiger partial charge >= 0.3 is 6.09 Å². The van der Waals surface area contributed by atoms with Crippen LogP contribution in [0.25, 0.3) is 0 Å². The first-order chi connectivity index (χ1) is 14.2. The third-order valence-corrected chi connectivity index (χ3v) is 4.57. The van der Waals surface area contributed by atoms with Gasteiger partial charge in [0.1, 0.15) is 22.7 Å². The molecule has 0 radical (unpaired) electrons. The number of piperazine rings is 1. The van der Waals surface area contributed by atoms with E-state index in [0.717, 1.165) is 0 Å². The largest absolute Gasteiger partial charge is 0.496 e. The number of carbonyl (C=O) groups excluding carboxylic acids is 3. The van der Waals surface area contributed by atoms with Gasteiger partial charge in [-0.05, 0) is 32.9 Å². The van der Waals surface area contributed by atoms with Gasteiger partial charge in [-0.25, -0.2) is 4.79 Å². The molecule has 1 aromatic rings. The van der Waals surface area contributed by atoms with Gasteiger partial charge in [0.25, 0.3) is 5.91 Å². The van der Waals surface area contributed by atoms with Crippen molar-refractivity contribution in [1.82, 2.24) is 15.1 Å². The fourth-order valence-electron chi connectivity index (χ4n) is 3.12. The van der Waals surface area contributed by atoms with Crippen LogP contribution in [0.4, 0.5) is 4.79 Å². The molecule has 9 heteroatoms. The molecule has 1 aromatic carbocycles. The SMILES string of the molecule is COc1cccc(OC)c1C(=O)N1CCN(C(=O)CCNC(=O)OC(C)(C)C)CC1. The van der Waals surface area contributed by atoms with Crippen LogP contribution in [0.3, 0.4) is 0 Å². The van der Waals surface area contributed by atoms with Gasteiger partial charge in [-0.15, -0.1) is 0 Å². The summed E-state index contributed by atoms with van der Waals surface area (Å²) in [6, 6.07) is 5.19. The lowest BCUT2D eigenvalue weighted by Crippen LogP contribution is -2.51. The lowest BCUT2D eigenvalue weighted by atomic mass is 10.1. The molecule has 30 heavy (non-hydrogen) atoms. The van der Waals surface area contributed by atoms with Crippen LogP contribution in [0, 0.1) is 0 Å². The molecule has 1 saturated heterocycles. The van der Waals surface area contributed by atoms with Crippen LogP contribution in [-0.4, -0.2) is 80.3 Å². The van der Waals surface area contributed by atoms with Crippen molar-refractivity contribution in [3.05, 3.63) is 23.8 Å². The van der Waals surface area contributed by atoms with Crippen LogP contribution in [0.2, 0.25) is 0 Å². The molecule has 0 saturated carbocycles. The molecule has 166 valence electrons. The predicted molar refractivity (Wildman–Crippen MR) is 111 cm³/mol. The maximum absolute atomic E-state index is 13.0. The van der Waals surface area contributed by atoms with Gasteiger partial charge in [0.15, 0.2) is 0 Å². The molecular formula is C21H31N3O6. The molecule has 1 aliphatic rings. The van der Waals surface area contributed by atoms with Gasteiger partial charge in [-0.2, -0.15) is 0 Å². The fraction of sp³-hybridized carbons (Fsp3) is 0.571. The predicted octanol–water partition coefficient (Wildman–Crippen LogP) is 1.90. The minimum Gasteiger partial charge on any atom is -0.496 e. The normalized spacial score (nSPS) is 14.2. The van der Waals surface area contributed by atoms with Gasteiger partial charge in [0.2, 0.25) is 5.91 Å². The Morgan fingerprint density at radius 3 is 2.00 bits per heavy atom. The quantitative estimate of drug-likeness (QED) is 0.754. The maximum atomic E-state index is 13.0. The molecule has 3 amide bonds.